The number of hydrogen-bond acceptors (Lipinski definition) is 2. The maximum Gasteiger partial charge on any atom is 0.335 e. The van der Waals surface area contributed by atoms with Crippen LogP contribution in [0.2, 0.25) is 0 Å². The van der Waals surface area contributed by atoms with Gasteiger partial charge in [-0.1, -0.05) is 42.0 Å². The van der Waals surface area contributed by atoms with Crippen molar-refractivity contribution in [3.05, 3.63) is 70.8 Å². The fourth-order valence-corrected chi connectivity index (χ4v) is 2.72. The molecule has 2 aromatic rings. The molecule has 22 heavy (non-hydrogen) atoms. The molecule has 1 heterocycles. The first-order valence-electron chi connectivity index (χ1n) is 7.39. The van der Waals surface area contributed by atoms with Gasteiger partial charge >= 0.3 is 5.97 Å². The van der Waals surface area contributed by atoms with Crippen LogP contribution in [0.1, 0.15) is 23.1 Å². The van der Waals surface area contributed by atoms with Crippen LogP contribution in [0.15, 0.2) is 54.1 Å². The van der Waals surface area contributed by atoms with Gasteiger partial charge in [-0.2, -0.15) is 0 Å². The predicted octanol–water partition coefficient (Wildman–Crippen LogP) is 3.86. The highest BCUT2D eigenvalue weighted by Crippen LogP contribution is 2.32. The summed E-state index contributed by atoms with van der Waals surface area (Å²) in [6.07, 6.45) is 2.77. The van der Waals surface area contributed by atoms with Crippen molar-refractivity contribution in [2.75, 3.05) is 0 Å². The van der Waals surface area contributed by atoms with E-state index in [4.69, 9.17) is 4.74 Å². The Kier molecular flexibility index (Phi) is 3.96. The molecule has 0 bridgehead atoms. The molecule has 1 aliphatic rings. The van der Waals surface area contributed by atoms with E-state index in [1.807, 2.05) is 55.5 Å². The molecule has 1 unspecified atom stereocenters. The lowest BCUT2D eigenvalue weighted by molar-refractivity contribution is -0.133. The van der Waals surface area contributed by atoms with Gasteiger partial charge in [0.2, 0.25) is 0 Å². The summed E-state index contributed by atoms with van der Waals surface area (Å²) in [4.78, 5) is 11.5. The van der Waals surface area contributed by atoms with E-state index in [2.05, 4.69) is 0 Å². The number of aryl methyl sites for hydroxylation is 2. The van der Waals surface area contributed by atoms with Gasteiger partial charge in [0.1, 0.15) is 11.9 Å². The Morgan fingerprint density at radius 3 is 2.68 bits per heavy atom. The highest BCUT2D eigenvalue weighted by molar-refractivity contribution is 5.94. The van der Waals surface area contributed by atoms with Crippen LogP contribution in [-0.2, 0) is 11.2 Å². The molecule has 0 radical (unpaired) electrons. The molecule has 1 N–H and O–H groups in total. The van der Waals surface area contributed by atoms with Gasteiger partial charge in [-0.15, -0.1) is 0 Å². The summed E-state index contributed by atoms with van der Waals surface area (Å²) in [5.74, 6) is -0.154. The lowest BCUT2D eigenvalue weighted by Gasteiger charge is -2.25. The molecule has 1 atom stereocenters. The van der Waals surface area contributed by atoms with Crippen molar-refractivity contribution in [2.24, 2.45) is 0 Å². The number of fused-ring (bicyclic) bond motifs is 1. The minimum Gasteiger partial charge on any atom is -0.485 e. The number of rotatable bonds is 4. The Balaban J connectivity index is 1.83. The van der Waals surface area contributed by atoms with Gasteiger partial charge < -0.3 is 9.84 Å². The minimum absolute atomic E-state index is 0.328. The monoisotopic (exact) mass is 294 g/mol. The Bertz CT molecular complexity index is 717. The smallest absolute Gasteiger partial charge is 0.335 e. The summed E-state index contributed by atoms with van der Waals surface area (Å²) in [5.41, 5.74) is 3.44. The van der Waals surface area contributed by atoms with Gasteiger partial charge in [0.25, 0.3) is 0 Å². The van der Waals surface area contributed by atoms with Crippen LogP contribution in [0.4, 0.5) is 0 Å². The summed E-state index contributed by atoms with van der Waals surface area (Å²) < 4.78 is 5.93. The normalized spacial score (nSPS) is 16.4. The van der Waals surface area contributed by atoms with Crippen LogP contribution < -0.4 is 4.74 Å². The van der Waals surface area contributed by atoms with Crippen molar-refractivity contribution in [1.29, 1.82) is 0 Å². The molecule has 3 heteroatoms. The van der Waals surface area contributed by atoms with Crippen LogP contribution in [-0.4, -0.2) is 17.2 Å². The van der Waals surface area contributed by atoms with Gasteiger partial charge in [-0.3, -0.25) is 0 Å². The average molecular weight is 294 g/mol. The van der Waals surface area contributed by atoms with Crippen LogP contribution in [0.25, 0.3) is 6.08 Å². The fourth-order valence-electron chi connectivity index (χ4n) is 2.72. The number of aliphatic carboxylic acids is 1. The van der Waals surface area contributed by atoms with E-state index >= 15 is 0 Å². The molecule has 112 valence electrons. The molecule has 0 saturated heterocycles. The molecule has 2 aromatic carbocycles. The van der Waals surface area contributed by atoms with E-state index in [9.17, 15) is 9.90 Å². The van der Waals surface area contributed by atoms with E-state index in [1.165, 1.54) is 5.56 Å². The molecular formula is C19H18O3. The average Bonchev–Trinajstić information content (AvgIpc) is 2.53. The maximum atomic E-state index is 11.5. The Morgan fingerprint density at radius 2 is 1.95 bits per heavy atom. The number of benzene rings is 2. The van der Waals surface area contributed by atoms with Crippen molar-refractivity contribution in [3.8, 4) is 5.75 Å². The SMILES string of the molecule is Cc1ccc2c(c1)C=C(C(=O)O)C(CCc1ccccc1)O2. The van der Waals surface area contributed by atoms with E-state index in [-0.39, 0.29) is 0 Å². The fraction of sp³-hybridized carbons (Fsp3) is 0.211. The summed E-state index contributed by atoms with van der Waals surface area (Å²) in [7, 11) is 0. The van der Waals surface area contributed by atoms with Crippen molar-refractivity contribution in [2.45, 2.75) is 25.9 Å². The lowest BCUT2D eigenvalue weighted by atomic mass is 9.96. The predicted molar refractivity (Wildman–Crippen MR) is 86.0 cm³/mol. The molecule has 3 nitrogen and oxygen atoms in total. The molecule has 0 amide bonds. The first kappa shape index (κ1) is 14.4. The van der Waals surface area contributed by atoms with Gasteiger partial charge in [-0.25, -0.2) is 4.79 Å². The number of carboxylic acid groups (broad SMARTS) is 1. The minimum atomic E-state index is -0.912. The second kappa shape index (κ2) is 6.06. The highest BCUT2D eigenvalue weighted by atomic mass is 16.5. The molecule has 0 saturated carbocycles. The van der Waals surface area contributed by atoms with E-state index in [0.717, 1.165) is 23.3 Å². The van der Waals surface area contributed by atoms with Gasteiger partial charge in [0, 0.05) is 5.56 Å². The zero-order valence-electron chi connectivity index (χ0n) is 12.5. The Morgan fingerprint density at radius 1 is 1.18 bits per heavy atom. The number of carbonyl (C=O) groups is 1. The third-order valence-corrected chi connectivity index (χ3v) is 3.88. The van der Waals surface area contributed by atoms with Crippen LogP contribution in [0, 0.1) is 6.92 Å². The molecule has 0 aliphatic carbocycles. The van der Waals surface area contributed by atoms with Crippen molar-refractivity contribution >= 4 is 12.0 Å². The maximum absolute atomic E-state index is 11.5. The second-order valence-corrected chi connectivity index (χ2v) is 5.58. The molecule has 0 fully saturated rings. The standard InChI is InChI=1S/C19H18O3/c1-13-7-9-17-15(11-13)12-16(19(20)21)18(22-17)10-8-14-5-3-2-4-6-14/h2-7,9,11-12,18H,8,10H2,1H3,(H,20,21). The van der Waals surface area contributed by atoms with Crippen molar-refractivity contribution in [1.82, 2.24) is 0 Å². The van der Waals surface area contributed by atoms with E-state index in [0.29, 0.717) is 12.0 Å². The van der Waals surface area contributed by atoms with Crippen LogP contribution in [0.5, 0.6) is 5.75 Å². The summed E-state index contributed by atoms with van der Waals surface area (Å²) in [5, 5.41) is 9.45. The molecular weight excluding hydrogens is 276 g/mol. The summed E-state index contributed by atoms with van der Waals surface area (Å²) in [6.45, 7) is 1.98. The van der Waals surface area contributed by atoms with Gasteiger partial charge in [0.15, 0.2) is 0 Å². The van der Waals surface area contributed by atoms with Crippen molar-refractivity contribution < 1.29 is 14.6 Å². The van der Waals surface area contributed by atoms with Gasteiger partial charge in [0.05, 0.1) is 5.57 Å². The highest BCUT2D eigenvalue weighted by Gasteiger charge is 2.27. The quantitative estimate of drug-likeness (QED) is 0.931. The third-order valence-electron chi connectivity index (χ3n) is 3.88. The van der Waals surface area contributed by atoms with E-state index in [1.54, 1.807) is 6.08 Å². The molecule has 3 rings (SSSR count). The topological polar surface area (TPSA) is 46.5 Å². The summed E-state index contributed by atoms with van der Waals surface area (Å²) >= 11 is 0. The zero-order valence-corrected chi connectivity index (χ0v) is 12.5. The third kappa shape index (κ3) is 3.03. The first-order chi connectivity index (χ1) is 10.6. The summed E-state index contributed by atoms with van der Waals surface area (Å²) in [6, 6.07) is 15.9. The van der Waals surface area contributed by atoms with Crippen LogP contribution >= 0.6 is 0 Å². The van der Waals surface area contributed by atoms with Crippen LogP contribution in [0.3, 0.4) is 0 Å². The number of hydrogen-bond donors (Lipinski definition) is 1. The molecule has 0 aromatic heterocycles. The first-order valence-corrected chi connectivity index (χ1v) is 7.39. The van der Waals surface area contributed by atoms with E-state index < -0.39 is 12.1 Å². The largest absolute Gasteiger partial charge is 0.485 e. The number of carboxylic acids is 1. The van der Waals surface area contributed by atoms with Crippen molar-refractivity contribution in [3.63, 3.8) is 0 Å². The van der Waals surface area contributed by atoms with Gasteiger partial charge in [-0.05, 0) is 43.5 Å². The molecule has 0 spiro atoms. The molecule has 1 aliphatic heterocycles. The number of ether oxygens (including phenoxy) is 1. The second-order valence-electron chi connectivity index (χ2n) is 5.58. The Labute approximate surface area is 129 Å². The lowest BCUT2D eigenvalue weighted by Crippen LogP contribution is -2.27. The zero-order chi connectivity index (χ0) is 15.5. The Hall–Kier alpha value is -2.55.